The molecule has 2 heterocycles. The summed E-state index contributed by atoms with van der Waals surface area (Å²) in [7, 11) is 0. The molecule has 4 nitrogen and oxygen atoms in total. The molecule has 0 radical (unpaired) electrons. The zero-order valence-corrected chi connectivity index (χ0v) is 25.7. The maximum Gasteiger partial charge on any atom is 0.164 e. The maximum absolute atomic E-state index is 9.57. The Bertz CT molecular complexity index is 4070. The second kappa shape index (κ2) is 12.6. The average molecular weight is 687 g/mol. The van der Waals surface area contributed by atoms with Gasteiger partial charge in [0.05, 0.1) is 37.0 Å². The standard InChI is InChI=1S/C45H29N3OS/c50-42-33(29-14-4-1-5-15-29)22-12-24-37(42)35-21-11-10-20-34(35)36-23-13-25-39-41(36)38-27-26-32(28-40(38)49-39)45-47-43(30-16-6-2-7-17-30)46-44(48-45)31-18-8-3-9-19-31/h1-28,50H/i1D,2D,3D,4D,5D,6D,7D,8D,9D,10D,11D,12D,13D,14D,16D,17D,18D,19D,20D,21D,22D,23D,24D,25D,26D,27D,28D. The Hall–Kier alpha value is -6.30. The van der Waals surface area contributed by atoms with E-state index in [-0.39, 0.29) is 5.56 Å². The van der Waals surface area contributed by atoms with Crippen LogP contribution in [-0.2, 0) is 0 Å². The summed E-state index contributed by atoms with van der Waals surface area (Å²) >= 11 is 4.59. The second-order valence-electron chi connectivity index (χ2n) is 10.1. The van der Waals surface area contributed by atoms with Crippen LogP contribution in [0.25, 0.3) is 89.5 Å². The van der Waals surface area contributed by atoms with Crippen molar-refractivity contribution in [1.29, 1.82) is 0 Å². The summed E-state index contributed by atoms with van der Waals surface area (Å²) < 4.78 is 243. The minimum Gasteiger partial charge on any atom is -0.456 e. The fourth-order valence-corrected chi connectivity index (χ4v) is 5.40. The molecular formula is C45H29N3OS. The van der Waals surface area contributed by atoms with E-state index in [1.165, 1.54) is 0 Å². The largest absolute Gasteiger partial charge is 0.456 e. The Labute approximate surface area is 333 Å². The molecule has 236 valence electrons. The minimum atomic E-state index is -0.988. The molecule has 0 amide bonds. The zero-order valence-electron chi connectivity index (χ0n) is 51.8. The van der Waals surface area contributed by atoms with E-state index in [0.717, 1.165) is 6.07 Å². The number of rotatable bonds is 6. The van der Waals surface area contributed by atoms with E-state index < -0.39 is 252 Å². The lowest BCUT2D eigenvalue weighted by Crippen LogP contribution is -2.00. The first kappa shape index (κ1) is 12.9. The molecule has 0 aliphatic rings. The van der Waals surface area contributed by atoms with Crippen LogP contribution in [0.5, 0.6) is 0 Å². The third-order valence-electron chi connectivity index (χ3n) is 7.23. The smallest absolute Gasteiger partial charge is 0.164 e. The fourth-order valence-electron chi connectivity index (χ4n) is 5.06. The first-order chi connectivity index (χ1) is 35.9. The van der Waals surface area contributed by atoms with Crippen LogP contribution in [0.1, 0.15) is 37.0 Å². The Balaban J connectivity index is 1.43. The van der Waals surface area contributed by atoms with Gasteiger partial charge in [-0.1, -0.05) is 151 Å². The number of nitrogens with zero attached hydrogens (tertiary/aromatic N) is 3. The number of hydrogen-bond acceptors (Lipinski definition) is 5. The number of benzene rings is 7. The summed E-state index contributed by atoms with van der Waals surface area (Å²) in [5.41, 5.74) is -7.24. The SMILES string of the molecule is [2H]c1cc(-c2c([2H])c([2H])c([2H])c(-c3c([2H])c([2H])c([2H])c([2H])c3-c3c([2H])c([2H])c([2H])c4oc5c([2H])c(-c6nc(-c7c([2H])c([2H])c([2H])c([2H])c7[2H])nc(-c7c([2H])c([2H])c([2H])c([2H])c7[2H])n6)c([2H])c([2H])c5c34)c2S)c([2H])c([2H])c1[2H]. The number of hydrogen-bond donors (Lipinski definition) is 1. The van der Waals surface area contributed by atoms with Crippen LogP contribution >= 0.6 is 12.6 Å². The highest BCUT2D eigenvalue weighted by molar-refractivity contribution is 7.80. The number of fused-ring (bicyclic) bond motifs is 3. The van der Waals surface area contributed by atoms with Crippen LogP contribution in [0.15, 0.2) is 179 Å². The Morgan fingerprint density at radius 2 is 0.940 bits per heavy atom. The molecule has 0 saturated heterocycles. The van der Waals surface area contributed by atoms with Crippen LogP contribution in [-0.4, -0.2) is 15.0 Å². The zero-order chi connectivity index (χ0) is 56.9. The topological polar surface area (TPSA) is 51.8 Å². The third kappa shape index (κ3) is 5.34. The molecule has 0 bridgehead atoms. The predicted molar refractivity (Wildman–Crippen MR) is 207 cm³/mol. The van der Waals surface area contributed by atoms with Crippen LogP contribution in [0, 0.1) is 0 Å². The molecule has 0 aliphatic carbocycles. The molecular weight excluding hydrogens is 631 g/mol. The lowest BCUT2D eigenvalue weighted by atomic mass is 9.90. The highest BCUT2D eigenvalue weighted by atomic mass is 32.1. The summed E-state index contributed by atoms with van der Waals surface area (Å²) in [4.78, 5) is 12.2. The lowest BCUT2D eigenvalue weighted by molar-refractivity contribution is 0.669. The van der Waals surface area contributed by atoms with E-state index >= 15 is 0 Å². The van der Waals surface area contributed by atoms with Crippen molar-refractivity contribution in [2.24, 2.45) is 0 Å². The molecule has 0 unspecified atom stereocenters. The van der Waals surface area contributed by atoms with Gasteiger partial charge in [-0.3, -0.25) is 0 Å². The number of thiol groups is 1. The van der Waals surface area contributed by atoms with E-state index in [2.05, 4.69) is 27.6 Å². The summed E-state index contributed by atoms with van der Waals surface area (Å²) in [6.45, 7) is 0. The summed E-state index contributed by atoms with van der Waals surface area (Å²) in [5, 5.41) is -1.17. The van der Waals surface area contributed by atoms with Gasteiger partial charge in [0.25, 0.3) is 0 Å². The lowest BCUT2D eigenvalue weighted by Gasteiger charge is -2.15. The molecule has 9 aromatic rings. The van der Waals surface area contributed by atoms with Gasteiger partial charge in [-0.25, -0.2) is 15.0 Å². The van der Waals surface area contributed by atoms with Crippen molar-refractivity contribution in [2.45, 2.75) is 4.90 Å². The van der Waals surface area contributed by atoms with Gasteiger partial charge in [0.15, 0.2) is 17.5 Å². The summed E-state index contributed by atoms with van der Waals surface area (Å²) in [6, 6.07) is -22.5. The molecule has 7 aromatic carbocycles. The van der Waals surface area contributed by atoms with Crippen LogP contribution in [0.3, 0.4) is 0 Å². The van der Waals surface area contributed by atoms with Gasteiger partial charge in [-0.15, -0.1) is 12.6 Å². The number of aromatic nitrogens is 3. The van der Waals surface area contributed by atoms with Crippen molar-refractivity contribution >= 4 is 34.6 Å². The van der Waals surface area contributed by atoms with Crippen molar-refractivity contribution < 1.29 is 41.4 Å². The third-order valence-corrected chi connectivity index (χ3v) is 7.68. The molecule has 0 spiro atoms. The number of furan rings is 1. The van der Waals surface area contributed by atoms with Crippen molar-refractivity contribution in [2.75, 3.05) is 0 Å². The molecule has 0 aliphatic heterocycles. The second-order valence-corrected chi connectivity index (χ2v) is 10.6. The monoisotopic (exact) mass is 686 g/mol. The van der Waals surface area contributed by atoms with Crippen LogP contribution in [0.4, 0.5) is 0 Å². The fraction of sp³-hybridized carbons (Fsp3) is 0. The molecule has 0 N–H and O–H groups in total. The average Bonchev–Trinajstić information content (AvgIpc) is 3.89. The molecule has 9 rings (SSSR count). The first-order valence-corrected chi connectivity index (χ1v) is 14.7. The molecule has 0 saturated carbocycles. The molecule has 5 heteroatoms. The first-order valence-electron chi connectivity index (χ1n) is 27.8. The van der Waals surface area contributed by atoms with E-state index in [4.69, 9.17) is 33.2 Å². The predicted octanol–water partition coefficient (Wildman–Crippen LogP) is 12.1. The van der Waals surface area contributed by atoms with E-state index in [1.54, 1.807) is 0 Å². The van der Waals surface area contributed by atoms with Gasteiger partial charge in [0.1, 0.15) is 11.2 Å². The van der Waals surface area contributed by atoms with E-state index in [0.29, 0.717) is 0 Å². The van der Waals surface area contributed by atoms with Gasteiger partial charge in [-0.05, 0) is 51.5 Å². The minimum absolute atomic E-state index is 0.390. The molecule has 0 fully saturated rings. The molecule has 50 heavy (non-hydrogen) atoms. The summed E-state index contributed by atoms with van der Waals surface area (Å²) in [6.07, 6.45) is 0. The van der Waals surface area contributed by atoms with E-state index in [1.807, 2.05) is 0 Å². The van der Waals surface area contributed by atoms with Gasteiger partial charge < -0.3 is 4.42 Å². The van der Waals surface area contributed by atoms with Gasteiger partial charge in [0.2, 0.25) is 0 Å². The van der Waals surface area contributed by atoms with E-state index in [9.17, 15) is 8.22 Å². The van der Waals surface area contributed by atoms with Crippen molar-refractivity contribution in [3.05, 3.63) is 169 Å². The van der Waals surface area contributed by atoms with Gasteiger partial charge in [0, 0.05) is 32.4 Å². The Kier molecular flexibility index (Phi) is 3.25. The van der Waals surface area contributed by atoms with Crippen molar-refractivity contribution in [3.8, 4) is 67.5 Å². The van der Waals surface area contributed by atoms with Gasteiger partial charge in [-0.2, -0.15) is 0 Å². The Morgan fingerprint density at radius 3 is 1.64 bits per heavy atom. The van der Waals surface area contributed by atoms with Crippen LogP contribution in [0.2, 0.25) is 0 Å². The normalized spacial score (nSPS) is 18.9. The quantitative estimate of drug-likeness (QED) is 0.177. The highest BCUT2D eigenvalue weighted by Gasteiger charge is 2.19. The van der Waals surface area contributed by atoms with Gasteiger partial charge >= 0.3 is 0 Å². The highest BCUT2D eigenvalue weighted by Crippen LogP contribution is 2.44. The van der Waals surface area contributed by atoms with Crippen molar-refractivity contribution in [1.82, 2.24) is 15.0 Å². The maximum atomic E-state index is 9.57. The molecule has 0 atom stereocenters. The molecule has 2 aromatic heterocycles. The summed E-state index contributed by atoms with van der Waals surface area (Å²) in [5.74, 6) is -2.40. The van der Waals surface area contributed by atoms with Crippen molar-refractivity contribution in [3.63, 3.8) is 0 Å². The van der Waals surface area contributed by atoms with Crippen LogP contribution < -0.4 is 0 Å². The Morgan fingerprint density at radius 1 is 0.420 bits per heavy atom.